The lowest BCUT2D eigenvalue weighted by Crippen LogP contribution is -2.17. The van der Waals surface area contributed by atoms with Crippen LogP contribution in [-0.2, 0) is 19.0 Å². The number of unbranched alkanes of at least 4 members (excludes halogenated alkanes) is 1. The van der Waals surface area contributed by atoms with Gasteiger partial charge in [0.15, 0.2) is 6.29 Å². The Labute approximate surface area is 119 Å². The highest BCUT2D eigenvalue weighted by Crippen LogP contribution is 2.07. The zero-order chi connectivity index (χ0) is 14.3. The molecule has 0 atom stereocenters. The summed E-state index contributed by atoms with van der Waals surface area (Å²) >= 11 is 0. The van der Waals surface area contributed by atoms with Crippen LogP contribution in [0.2, 0.25) is 12.1 Å². The van der Waals surface area contributed by atoms with Crippen LogP contribution in [0.4, 0.5) is 0 Å². The average molecular weight is 288 g/mol. The molecule has 0 N–H and O–H groups in total. The highest BCUT2D eigenvalue weighted by atomic mass is 28.2. The van der Waals surface area contributed by atoms with Crippen LogP contribution in [0.5, 0.6) is 0 Å². The normalized spacial score (nSPS) is 11.3. The largest absolute Gasteiger partial charge is 0.463 e. The Morgan fingerprint density at radius 1 is 1.21 bits per heavy atom. The molecule has 0 radical (unpaired) electrons. The molecule has 0 rings (SSSR count). The van der Waals surface area contributed by atoms with Crippen molar-refractivity contribution in [2.75, 3.05) is 19.8 Å². The van der Waals surface area contributed by atoms with E-state index in [1.807, 2.05) is 13.8 Å². The van der Waals surface area contributed by atoms with Crippen molar-refractivity contribution in [3.63, 3.8) is 0 Å². The molecule has 0 aliphatic rings. The van der Waals surface area contributed by atoms with Crippen molar-refractivity contribution in [3.05, 3.63) is 12.7 Å². The summed E-state index contributed by atoms with van der Waals surface area (Å²) in [5, 5.41) is 0. The third-order valence-electron chi connectivity index (χ3n) is 2.70. The van der Waals surface area contributed by atoms with Crippen molar-refractivity contribution in [2.45, 2.75) is 51.5 Å². The molecule has 0 aromatic carbocycles. The van der Waals surface area contributed by atoms with Crippen LogP contribution in [0, 0.1) is 0 Å². The van der Waals surface area contributed by atoms with Gasteiger partial charge in [-0.2, -0.15) is 0 Å². The first kappa shape index (κ1) is 18.3. The van der Waals surface area contributed by atoms with Crippen LogP contribution in [-0.4, -0.2) is 41.6 Å². The van der Waals surface area contributed by atoms with Gasteiger partial charge in [-0.3, -0.25) is 0 Å². The summed E-state index contributed by atoms with van der Waals surface area (Å²) in [5.74, 6) is -0.325. The minimum Gasteiger partial charge on any atom is -0.463 e. The standard InChI is InChI=1S/C14H28O4Si/c1-4-13(15)18-10-7-8-11-19-12-9-14(16-5-2)17-6-3/h4,14H,1,5-12,19H2,2-3H3. The maximum Gasteiger partial charge on any atom is 0.330 e. The van der Waals surface area contributed by atoms with Crippen molar-refractivity contribution in [3.8, 4) is 0 Å². The van der Waals surface area contributed by atoms with Gasteiger partial charge < -0.3 is 14.2 Å². The van der Waals surface area contributed by atoms with E-state index in [9.17, 15) is 4.79 Å². The Kier molecular flexibility index (Phi) is 13.3. The summed E-state index contributed by atoms with van der Waals surface area (Å²) in [4.78, 5) is 10.8. The summed E-state index contributed by atoms with van der Waals surface area (Å²) in [6, 6.07) is 2.54. The molecule has 0 aromatic rings. The Bertz CT molecular complexity index is 227. The fourth-order valence-corrected chi connectivity index (χ4v) is 3.44. The lowest BCUT2D eigenvalue weighted by Gasteiger charge is -2.16. The highest BCUT2D eigenvalue weighted by Gasteiger charge is 2.06. The molecule has 5 heteroatoms. The van der Waals surface area contributed by atoms with Crippen LogP contribution < -0.4 is 0 Å². The van der Waals surface area contributed by atoms with Gasteiger partial charge in [-0.1, -0.05) is 25.1 Å². The number of carbonyl (C=O) groups excluding carboxylic acids is 1. The zero-order valence-electron chi connectivity index (χ0n) is 12.4. The van der Waals surface area contributed by atoms with Gasteiger partial charge in [-0.15, -0.1) is 0 Å². The van der Waals surface area contributed by atoms with Gasteiger partial charge in [-0.25, -0.2) is 4.79 Å². The molecule has 112 valence electrons. The van der Waals surface area contributed by atoms with E-state index >= 15 is 0 Å². The van der Waals surface area contributed by atoms with Gasteiger partial charge >= 0.3 is 5.97 Å². The second-order valence-electron chi connectivity index (χ2n) is 4.27. The van der Waals surface area contributed by atoms with Gasteiger partial charge in [-0.05, 0) is 26.7 Å². The molecule has 0 saturated carbocycles. The van der Waals surface area contributed by atoms with Crippen LogP contribution in [0.3, 0.4) is 0 Å². The van der Waals surface area contributed by atoms with E-state index in [0.717, 1.165) is 19.3 Å². The molecule has 0 spiro atoms. The maximum atomic E-state index is 10.8. The fourth-order valence-electron chi connectivity index (χ4n) is 1.76. The van der Waals surface area contributed by atoms with Crippen molar-refractivity contribution in [1.29, 1.82) is 0 Å². The maximum absolute atomic E-state index is 10.8. The summed E-state index contributed by atoms with van der Waals surface area (Å²) in [5.41, 5.74) is 0. The number of carbonyl (C=O) groups is 1. The fraction of sp³-hybridized carbons (Fsp3) is 0.786. The molecule has 4 nitrogen and oxygen atoms in total. The van der Waals surface area contributed by atoms with Gasteiger partial charge in [0.05, 0.1) is 6.61 Å². The quantitative estimate of drug-likeness (QED) is 0.171. The molecular weight excluding hydrogens is 260 g/mol. The molecule has 0 aliphatic carbocycles. The minimum atomic E-state index is -0.325. The number of rotatable bonds is 13. The van der Waals surface area contributed by atoms with Crippen LogP contribution in [0.25, 0.3) is 0 Å². The van der Waals surface area contributed by atoms with Crippen LogP contribution in [0.15, 0.2) is 12.7 Å². The topological polar surface area (TPSA) is 44.8 Å². The van der Waals surface area contributed by atoms with Crippen molar-refractivity contribution < 1.29 is 19.0 Å². The summed E-state index contributed by atoms with van der Waals surface area (Å²) in [6.07, 6.45) is 4.30. The predicted molar refractivity (Wildman–Crippen MR) is 80.2 cm³/mol. The van der Waals surface area contributed by atoms with Crippen molar-refractivity contribution in [2.24, 2.45) is 0 Å². The number of hydrogen-bond acceptors (Lipinski definition) is 4. The van der Waals surface area contributed by atoms with Gasteiger partial charge in [0.25, 0.3) is 0 Å². The van der Waals surface area contributed by atoms with Gasteiger partial charge in [0.2, 0.25) is 0 Å². The smallest absolute Gasteiger partial charge is 0.330 e. The predicted octanol–water partition coefficient (Wildman–Crippen LogP) is 2.29. The molecule has 19 heavy (non-hydrogen) atoms. The average Bonchev–Trinajstić information content (AvgIpc) is 2.41. The highest BCUT2D eigenvalue weighted by molar-refractivity contribution is 6.35. The first-order valence-electron chi connectivity index (χ1n) is 7.27. The summed E-state index contributed by atoms with van der Waals surface area (Å²) in [6.45, 7) is 9.28. The monoisotopic (exact) mass is 288 g/mol. The lowest BCUT2D eigenvalue weighted by atomic mass is 10.4. The zero-order valence-corrected chi connectivity index (χ0v) is 13.8. The molecule has 0 fully saturated rings. The van der Waals surface area contributed by atoms with E-state index in [-0.39, 0.29) is 21.8 Å². The molecule has 0 heterocycles. The molecule has 0 bridgehead atoms. The molecule has 0 saturated heterocycles. The SMILES string of the molecule is C=CC(=O)OCCCC[SiH2]CCC(OCC)OCC. The van der Waals surface area contributed by atoms with E-state index in [0.29, 0.717) is 19.8 Å². The van der Waals surface area contributed by atoms with E-state index in [2.05, 4.69) is 6.58 Å². The van der Waals surface area contributed by atoms with Gasteiger partial charge in [0.1, 0.15) is 0 Å². The minimum absolute atomic E-state index is 0.0175. The third-order valence-corrected chi connectivity index (χ3v) is 4.61. The van der Waals surface area contributed by atoms with Crippen LogP contribution in [0.1, 0.15) is 33.1 Å². The number of hydrogen-bond donors (Lipinski definition) is 0. The first-order chi connectivity index (χ1) is 9.24. The Morgan fingerprint density at radius 3 is 2.47 bits per heavy atom. The van der Waals surface area contributed by atoms with E-state index in [1.165, 1.54) is 18.2 Å². The summed E-state index contributed by atoms with van der Waals surface area (Å²) in [7, 11) is -0.0386. The van der Waals surface area contributed by atoms with Crippen molar-refractivity contribution >= 4 is 15.5 Å². The molecule has 0 aromatic heterocycles. The van der Waals surface area contributed by atoms with E-state index in [1.54, 1.807) is 0 Å². The second-order valence-corrected chi connectivity index (χ2v) is 6.39. The summed E-state index contributed by atoms with van der Waals surface area (Å²) < 4.78 is 15.9. The number of ether oxygens (including phenoxy) is 3. The van der Waals surface area contributed by atoms with Gasteiger partial charge in [0, 0.05) is 28.8 Å². The Morgan fingerprint density at radius 2 is 1.89 bits per heavy atom. The van der Waals surface area contributed by atoms with Crippen LogP contribution >= 0.6 is 0 Å². The molecule has 0 unspecified atom stereocenters. The second kappa shape index (κ2) is 13.8. The Hall–Kier alpha value is -0.653. The number of esters is 1. The molecule has 0 aliphatic heterocycles. The third kappa shape index (κ3) is 12.1. The first-order valence-corrected chi connectivity index (χ1v) is 9.27. The molecule has 0 amide bonds. The van der Waals surface area contributed by atoms with E-state index < -0.39 is 0 Å². The van der Waals surface area contributed by atoms with Crippen molar-refractivity contribution in [1.82, 2.24) is 0 Å². The molecular formula is C14H28O4Si. The Balaban J connectivity index is 3.33. The van der Waals surface area contributed by atoms with E-state index in [4.69, 9.17) is 14.2 Å². The lowest BCUT2D eigenvalue weighted by molar-refractivity contribution is -0.138.